The molecule has 4 heteroatoms. The van der Waals surface area contributed by atoms with Gasteiger partial charge in [-0.25, -0.2) is 0 Å². The average Bonchev–Trinajstić information content (AvgIpc) is 2.22. The van der Waals surface area contributed by atoms with Gasteiger partial charge in [-0.15, -0.1) is 0 Å². The van der Waals surface area contributed by atoms with Crippen LogP contribution in [0, 0.1) is 11.3 Å². The van der Waals surface area contributed by atoms with Crippen molar-refractivity contribution < 1.29 is 4.74 Å². The number of nitrogen functional groups attached to an aromatic ring is 1. The zero-order chi connectivity index (χ0) is 11.4. The molecule has 0 unspecified atom stereocenters. The van der Waals surface area contributed by atoms with Gasteiger partial charge < -0.3 is 10.5 Å². The molecule has 1 aliphatic rings. The van der Waals surface area contributed by atoms with Crippen molar-refractivity contribution in [2.24, 2.45) is 11.7 Å². The summed E-state index contributed by atoms with van der Waals surface area (Å²) in [5.74, 6) is 1.58. The summed E-state index contributed by atoms with van der Waals surface area (Å²) in [6.45, 7) is 0.742. The van der Waals surface area contributed by atoms with Gasteiger partial charge in [-0.2, -0.15) is 0 Å². The van der Waals surface area contributed by atoms with E-state index in [-0.39, 0.29) is 5.84 Å². The minimum atomic E-state index is -0.0237. The van der Waals surface area contributed by atoms with E-state index in [2.05, 4.69) is 4.98 Å². The van der Waals surface area contributed by atoms with Crippen LogP contribution in [0.1, 0.15) is 31.4 Å². The summed E-state index contributed by atoms with van der Waals surface area (Å²) in [7, 11) is 0. The molecule has 0 spiro atoms. The van der Waals surface area contributed by atoms with E-state index in [0.717, 1.165) is 24.7 Å². The molecule has 0 aromatic carbocycles. The van der Waals surface area contributed by atoms with Crippen molar-refractivity contribution in [3.05, 3.63) is 24.0 Å². The highest BCUT2D eigenvalue weighted by atomic mass is 16.5. The molecular weight excluding hydrogens is 202 g/mol. The van der Waals surface area contributed by atoms with Crippen molar-refractivity contribution in [2.45, 2.75) is 25.7 Å². The lowest BCUT2D eigenvalue weighted by atomic mass is 9.83. The van der Waals surface area contributed by atoms with Crippen LogP contribution in [0.3, 0.4) is 0 Å². The number of nitrogens with zero attached hydrogens (tertiary/aromatic N) is 1. The summed E-state index contributed by atoms with van der Waals surface area (Å²) >= 11 is 0. The highest BCUT2D eigenvalue weighted by Gasteiger charge is 2.16. The van der Waals surface area contributed by atoms with Crippen LogP contribution in [0.15, 0.2) is 18.3 Å². The van der Waals surface area contributed by atoms with E-state index in [1.165, 1.54) is 19.3 Å². The summed E-state index contributed by atoms with van der Waals surface area (Å²) in [6.07, 6.45) is 6.80. The molecule has 0 radical (unpaired) electrons. The van der Waals surface area contributed by atoms with Gasteiger partial charge in [0.2, 0.25) is 0 Å². The summed E-state index contributed by atoms with van der Waals surface area (Å²) in [6, 6.07) is 3.51. The van der Waals surface area contributed by atoms with Crippen LogP contribution in [0.25, 0.3) is 0 Å². The van der Waals surface area contributed by atoms with E-state index in [0.29, 0.717) is 5.69 Å². The van der Waals surface area contributed by atoms with Crippen LogP contribution in [0.5, 0.6) is 5.75 Å². The SMILES string of the molecule is N=C(N)c1cc(OCCC2CCC2)ccn1. The Morgan fingerprint density at radius 2 is 2.38 bits per heavy atom. The Labute approximate surface area is 95.3 Å². The van der Waals surface area contributed by atoms with Crippen LogP contribution in [0.2, 0.25) is 0 Å². The Hall–Kier alpha value is -1.58. The predicted octanol–water partition coefficient (Wildman–Crippen LogP) is 1.93. The molecule has 0 saturated heterocycles. The number of pyridine rings is 1. The van der Waals surface area contributed by atoms with Gasteiger partial charge in [-0.05, 0) is 18.4 Å². The lowest BCUT2D eigenvalue weighted by Gasteiger charge is -2.24. The minimum Gasteiger partial charge on any atom is -0.493 e. The molecule has 86 valence electrons. The minimum absolute atomic E-state index is 0.0237. The van der Waals surface area contributed by atoms with Gasteiger partial charge in [-0.3, -0.25) is 10.4 Å². The molecule has 1 saturated carbocycles. The molecule has 4 nitrogen and oxygen atoms in total. The number of nitrogens with two attached hydrogens (primary N) is 1. The molecule has 0 aliphatic heterocycles. The summed E-state index contributed by atoms with van der Waals surface area (Å²) in [5.41, 5.74) is 5.83. The standard InChI is InChI=1S/C12H17N3O/c13-12(14)11-8-10(4-6-15-11)16-7-5-9-2-1-3-9/h4,6,8-9H,1-3,5,7H2,(H3,13,14). The molecule has 1 aliphatic carbocycles. The van der Waals surface area contributed by atoms with E-state index >= 15 is 0 Å². The predicted molar refractivity (Wildman–Crippen MR) is 62.7 cm³/mol. The van der Waals surface area contributed by atoms with Gasteiger partial charge in [0.1, 0.15) is 17.3 Å². The largest absolute Gasteiger partial charge is 0.493 e. The number of aromatic nitrogens is 1. The van der Waals surface area contributed by atoms with Crippen LogP contribution < -0.4 is 10.5 Å². The molecule has 3 N–H and O–H groups in total. The van der Waals surface area contributed by atoms with Crippen molar-refractivity contribution in [1.29, 1.82) is 5.41 Å². The summed E-state index contributed by atoms with van der Waals surface area (Å²) < 4.78 is 5.61. The molecule has 0 atom stereocenters. The smallest absolute Gasteiger partial charge is 0.141 e. The maximum atomic E-state index is 7.28. The van der Waals surface area contributed by atoms with E-state index in [9.17, 15) is 0 Å². The highest BCUT2D eigenvalue weighted by Crippen LogP contribution is 2.29. The fourth-order valence-electron chi connectivity index (χ4n) is 1.77. The molecule has 1 aromatic heterocycles. The number of rotatable bonds is 5. The van der Waals surface area contributed by atoms with Gasteiger partial charge in [0.15, 0.2) is 0 Å². The van der Waals surface area contributed by atoms with Crippen LogP contribution in [-0.4, -0.2) is 17.4 Å². The van der Waals surface area contributed by atoms with Gasteiger partial charge in [0, 0.05) is 12.3 Å². The number of hydrogen-bond donors (Lipinski definition) is 2. The molecule has 16 heavy (non-hydrogen) atoms. The highest BCUT2D eigenvalue weighted by molar-refractivity contribution is 5.93. The Morgan fingerprint density at radius 1 is 1.56 bits per heavy atom. The van der Waals surface area contributed by atoms with Crippen molar-refractivity contribution in [2.75, 3.05) is 6.61 Å². The van der Waals surface area contributed by atoms with E-state index in [1.807, 2.05) is 0 Å². The monoisotopic (exact) mass is 219 g/mol. The third-order valence-electron chi connectivity index (χ3n) is 3.03. The average molecular weight is 219 g/mol. The second-order valence-electron chi connectivity index (χ2n) is 4.22. The fourth-order valence-corrected chi connectivity index (χ4v) is 1.77. The van der Waals surface area contributed by atoms with Gasteiger partial charge >= 0.3 is 0 Å². The summed E-state index contributed by atoms with van der Waals surface area (Å²) in [5, 5.41) is 7.28. The van der Waals surface area contributed by atoms with Crippen molar-refractivity contribution >= 4 is 5.84 Å². The number of ether oxygens (including phenoxy) is 1. The number of amidine groups is 1. The topological polar surface area (TPSA) is 72.0 Å². The zero-order valence-corrected chi connectivity index (χ0v) is 9.28. The van der Waals surface area contributed by atoms with Crippen molar-refractivity contribution in [1.82, 2.24) is 4.98 Å². The summed E-state index contributed by atoms with van der Waals surface area (Å²) in [4.78, 5) is 3.98. The van der Waals surface area contributed by atoms with Crippen LogP contribution in [-0.2, 0) is 0 Å². The molecule has 0 bridgehead atoms. The fraction of sp³-hybridized carbons (Fsp3) is 0.500. The van der Waals surface area contributed by atoms with Gasteiger partial charge in [-0.1, -0.05) is 19.3 Å². The third-order valence-corrected chi connectivity index (χ3v) is 3.03. The number of nitrogens with one attached hydrogen (secondary N) is 1. The molecule has 1 aromatic rings. The first-order valence-electron chi connectivity index (χ1n) is 5.69. The van der Waals surface area contributed by atoms with E-state index in [1.54, 1.807) is 18.3 Å². The van der Waals surface area contributed by atoms with Crippen molar-refractivity contribution in [3.63, 3.8) is 0 Å². The second-order valence-corrected chi connectivity index (χ2v) is 4.22. The first-order valence-corrected chi connectivity index (χ1v) is 5.69. The third kappa shape index (κ3) is 2.72. The van der Waals surface area contributed by atoms with E-state index in [4.69, 9.17) is 15.9 Å². The molecule has 1 fully saturated rings. The van der Waals surface area contributed by atoms with Gasteiger partial charge in [0.25, 0.3) is 0 Å². The Kier molecular flexibility index (Phi) is 3.39. The van der Waals surface area contributed by atoms with Crippen LogP contribution in [0.4, 0.5) is 0 Å². The number of hydrogen-bond acceptors (Lipinski definition) is 3. The maximum absolute atomic E-state index is 7.28. The van der Waals surface area contributed by atoms with Crippen molar-refractivity contribution in [3.8, 4) is 5.75 Å². The lowest BCUT2D eigenvalue weighted by Crippen LogP contribution is -2.15. The first kappa shape index (κ1) is 10.9. The molecule has 0 amide bonds. The first-order chi connectivity index (χ1) is 7.75. The normalized spacial score (nSPS) is 15.5. The van der Waals surface area contributed by atoms with Gasteiger partial charge in [0.05, 0.1) is 6.61 Å². The lowest BCUT2D eigenvalue weighted by molar-refractivity contribution is 0.222. The molecule has 1 heterocycles. The Balaban J connectivity index is 1.83. The quantitative estimate of drug-likeness (QED) is 0.587. The van der Waals surface area contributed by atoms with Crippen LogP contribution >= 0.6 is 0 Å². The maximum Gasteiger partial charge on any atom is 0.141 e. The Morgan fingerprint density at radius 3 is 3.00 bits per heavy atom. The zero-order valence-electron chi connectivity index (χ0n) is 9.28. The Bertz CT molecular complexity index is 374. The van der Waals surface area contributed by atoms with E-state index < -0.39 is 0 Å². The molecular formula is C12H17N3O. The molecule has 2 rings (SSSR count). The second kappa shape index (κ2) is 4.96.